The second-order valence-corrected chi connectivity index (χ2v) is 7.42. The van der Waals surface area contributed by atoms with Gasteiger partial charge in [-0.1, -0.05) is 19.3 Å². The third-order valence-electron chi connectivity index (χ3n) is 5.64. The molecule has 1 aliphatic heterocycles. The Bertz CT molecular complexity index is 373. The molecule has 0 bridgehead atoms. The standard InChI is InChI=1S/C17H31N3O2/c21-12-14-4-2-1-3-5-16(14)19-17(22)18-10-13-8-9-20(11-13)15-6-7-15/h13-16,21H,1-12H2,(H2,18,19,22). The van der Waals surface area contributed by atoms with E-state index in [2.05, 4.69) is 15.5 Å². The summed E-state index contributed by atoms with van der Waals surface area (Å²) in [6, 6.07) is 0.935. The molecule has 0 aromatic rings. The van der Waals surface area contributed by atoms with Crippen LogP contribution in [0.15, 0.2) is 0 Å². The zero-order valence-electron chi connectivity index (χ0n) is 13.6. The zero-order valence-corrected chi connectivity index (χ0v) is 13.6. The number of nitrogens with zero attached hydrogens (tertiary/aromatic N) is 1. The fraction of sp³-hybridized carbons (Fsp3) is 0.941. The van der Waals surface area contributed by atoms with E-state index < -0.39 is 0 Å². The van der Waals surface area contributed by atoms with Crippen LogP contribution >= 0.6 is 0 Å². The van der Waals surface area contributed by atoms with Gasteiger partial charge in [0.1, 0.15) is 0 Å². The molecule has 22 heavy (non-hydrogen) atoms. The lowest BCUT2D eigenvalue weighted by atomic mass is 9.96. The minimum atomic E-state index is -0.0461. The summed E-state index contributed by atoms with van der Waals surface area (Å²) in [5.74, 6) is 0.833. The Morgan fingerprint density at radius 3 is 2.68 bits per heavy atom. The molecule has 3 atom stereocenters. The highest BCUT2D eigenvalue weighted by Crippen LogP contribution is 2.31. The average molecular weight is 309 g/mol. The van der Waals surface area contributed by atoms with Gasteiger partial charge in [0.2, 0.25) is 0 Å². The van der Waals surface area contributed by atoms with Crippen molar-refractivity contribution < 1.29 is 9.90 Å². The van der Waals surface area contributed by atoms with Gasteiger partial charge in [-0.2, -0.15) is 0 Å². The number of amides is 2. The van der Waals surface area contributed by atoms with Crippen molar-refractivity contribution in [3.63, 3.8) is 0 Å². The number of carbonyl (C=O) groups excluding carboxylic acids is 1. The lowest BCUT2D eigenvalue weighted by Gasteiger charge is -2.25. The van der Waals surface area contributed by atoms with Gasteiger partial charge in [0.25, 0.3) is 0 Å². The number of carbonyl (C=O) groups is 1. The van der Waals surface area contributed by atoms with Crippen LogP contribution in [0.3, 0.4) is 0 Å². The van der Waals surface area contributed by atoms with Gasteiger partial charge in [-0.05, 0) is 44.6 Å². The molecule has 5 nitrogen and oxygen atoms in total. The number of hydrogen-bond acceptors (Lipinski definition) is 3. The van der Waals surface area contributed by atoms with Gasteiger partial charge in [-0.15, -0.1) is 0 Å². The zero-order chi connectivity index (χ0) is 15.4. The van der Waals surface area contributed by atoms with Gasteiger partial charge in [0, 0.05) is 37.7 Å². The maximum Gasteiger partial charge on any atom is 0.315 e. The molecule has 3 N–H and O–H groups in total. The molecule has 2 aliphatic carbocycles. The molecule has 3 aliphatic rings. The SMILES string of the molecule is O=C(NCC1CCN(C2CC2)C1)NC1CCCCCC1CO. The normalized spacial score (nSPS) is 33.4. The monoisotopic (exact) mass is 309 g/mol. The van der Waals surface area contributed by atoms with Gasteiger partial charge in [0.15, 0.2) is 0 Å². The highest BCUT2D eigenvalue weighted by molar-refractivity contribution is 5.74. The molecule has 3 fully saturated rings. The smallest absolute Gasteiger partial charge is 0.315 e. The summed E-state index contributed by atoms with van der Waals surface area (Å²) < 4.78 is 0. The van der Waals surface area contributed by atoms with E-state index in [9.17, 15) is 9.90 Å². The number of aliphatic hydroxyl groups excluding tert-OH is 1. The summed E-state index contributed by atoms with van der Waals surface area (Å²) in [7, 11) is 0. The van der Waals surface area contributed by atoms with Crippen molar-refractivity contribution in [2.45, 2.75) is 63.5 Å². The lowest BCUT2D eigenvalue weighted by molar-refractivity contribution is 0.178. The summed E-state index contributed by atoms with van der Waals surface area (Å²) >= 11 is 0. The van der Waals surface area contributed by atoms with Crippen LogP contribution in [0.5, 0.6) is 0 Å². The largest absolute Gasteiger partial charge is 0.396 e. The van der Waals surface area contributed by atoms with Gasteiger partial charge >= 0.3 is 6.03 Å². The quantitative estimate of drug-likeness (QED) is 0.678. The Morgan fingerprint density at radius 2 is 1.91 bits per heavy atom. The molecule has 0 aromatic heterocycles. The van der Waals surface area contributed by atoms with Crippen LogP contribution in [-0.2, 0) is 0 Å². The molecule has 1 saturated heterocycles. The second kappa shape index (κ2) is 7.64. The first-order valence-corrected chi connectivity index (χ1v) is 9.15. The Balaban J connectivity index is 1.38. The van der Waals surface area contributed by atoms with Gasteiger partial charge < -0.3 is 20.6 Å². The Morgan fingerprint density at radius 1 is 1.09 bits per heavy atom. The fourth-order valence-electron chi connectivity index (χ4n) is 4.05. The average Bonchev–Trinajstić information content (AvgIpc) is 3.30. The van der Waals surface area contributed by atoms with E-state index in [0.717, 1.165) is 38.4 Å². The predicted octanol–water partition coefficient (Wildman–Crippen LogP) is 1.71. The second-order valence-electron chi connectivity index (χ2n) is 7.42. The molecular weight excluding hydrogens is 278 g/mol. The maximum absolute atomic E-state index is 12.2. The number of nitrogens with one attached hydrogen (secondary N) is 2. The first-order chi connectivity index (χ1) is 10.8. The van der Waals surface area contributed by atoms with Crippen LogP contribution in [0.25, 0.3) is 0 Å². The first kappa shape index (κ1) is 16.1. The molecule has 3 rings (SSSR count). The number of urea groups is 1. The molecule has 3 unspecified atom stereocenters. The predicted molar refractivity (Wildman–Crippen MR) is 86.7 cm³/mol. The van der Waals surface area contributed by atoms with Gasteiger partial charge in [0.05, 0.1) is 0 Å². The Kier molecular flexibility index (Phi) is 5.58. The topological polar surface area (TPSA) is 64.6 Å². The molecular formula is C17H31N3O2. The fourth-order valence-corrected chi connectivity index (χ4v) is 4.05. The molecule has 1 heterocycles. The van der Waals surface area contributed by atoms with Crippen molar-refractivity contribution >= 4 is 6.03 Å². The van der Waals surface area contributed by atoms with Crippen molar-refractivity contribution in [2.24, 2.45) is 11.8 Å². The van der Waals surface area contributed by atoms with E-state index in [1.807, 2.05) is 0 Å². The van der Waals surface area contributed by atoms with Crippen molar-refractivity contribution in [2.75, 3.05) is 26.2 Å². The van der Waals surface area contributed by atoms with Crippen molar-refractivity contribution in [3.05, 3.63) is 0 Å². The Hall–Kier alpha value is -0.810. The maximum atomic E-state index is 12.2. The summed E-state index contributed by atoms with van der Waals surface area (Å²) in [6.07, 6.45) is 9.51. The molecule has 2 saturated carbocycles. The lowest BCUT2D eigenvalue weighted by Crippen LogP contribution is -2.47. The van der Waals surface area contributed by atoms with Crippen LogP contribution in [-0.4, -0.2) is 54.4 Å². The highest BCUT2D eigenvalue weighted by atomic mass is 16.3. The van der Waals surface area contributed by atoms with E-state index in [1.54, 1.807) is 0 Å². The number of hydrogen-bond donors (Lipinski definition) is 3. The minimum Gasteiger partial charge on any atom is -0.396 e. The number of likely N-dealkylation sites (tertiary alicyclic amines) is 1. The summed E-state index contributed by atoms with van der Waals surface area (Å²) in [5, 5.41) is 15.7. The van der Waals surface area contributed by atoms with Crippen molar-refractivity contribution in [1.82, 2.24) is 15.5 Å². The summed E-state index contributed by atoms with van der Waals surface area (Å²) in [5.41, 5.74) is 0. The van der Waals surface area contributed by atoms with E-state index in [0.29, 0.717) is 5.92 Å². The molecule has 0 aromatic carbocycles. The van der Waals surface area contributed by atoms with Crippen molar-refractivity contribution in [1.29, 1.82) is 0 Å². The molecule has 0 radical (unpaired) electrons. The minimum absolute atomic E-state index is 0.0461. The van der Waals surface area contributed by atoms with Crippen LogP contribution in [0.4, 0.5) is 4.79 Å². The molecule has 126 valence electrons. The number of aliphatic hydroxyl groups is 1. The Labute approximate surface area is 133 Å². The van der Waals surface area contributed by atoms with Crippen LogP contribution < -0.4 is 10.6 Å². The van der Waals surface area contributed by atoms with E-state index in [-0.39, 0.29) is 24.6 Å². The third kappa shape index (κ3) is 4.35. The van der Waals surface area contributed by atoms with Crippen LogP contribution in [0.2, 0.25) is 0 Å². The van der Waals surface area contributed by atoms with Crippen LogP contribution in [0.1, 0.15) is 51.4 Å². The summed E-state index contributed by atoms with van der Waals surface area (Å²) in [4.78, 5) is 14.7. The van der Waals surface area contributed by atoms with E-state index in [1.165, 1.54) is 38.6 Å². The summed E-state index contributed by atoms with van der Waals surface area (Å²) in [6.45, 7) is 3.32. The number of rotatable bonds is 5. The first-order valence-electron chi connectivity index (χ1n) is 9.15. The van der Waals surface area contributed by atoms with Crippen molar-refractivity contribution in [3.8, 4) is 0 Å². The van der Waals surface area contributed by atoms with Gasteiger partial charge in [-0.25, -0.2) is 4.79 Å². The molecule has 0 spiro atoms. The van der Waals surface area contributed by atoms with Crippen LogP contribution in [0, 0.1) is 11.8 Å². The van der Waals surface area contributed by atoms with E-state index >= 15 is 0 Å². The molecule has 5 heteroatoms. The highest BCUT2D eigenvalue weighted by Gasteiger charge is 2.34. The molecule has 2 amide bonds. The third-order valence-corrected chi connectivity index (χ3v) is 5.64. The van der Waals surface area contributed by atoms with E-state index in [4.69, 9.17) is 0 Å². The van der Waals surface area contributed by atoms with Gasteiger partial charge in [-0.3, -0.25) is 0 Å².